The first-order valence-electron chi connectivity index (χ1n) is 14.2. The summed E-state index contributed by atoms with van der Waals surface area (Å²) in [4.78, 5) is 57.4. The van der Waals surface area contributed by atoms with Crippen molar-refractivity contribution >= 4 is 52.7 Å². The SMILES string of the molecule is COC(=O)Nc1ccc2c(c1)NC(=O)CCCC[C@@H](C(=O)N1CC[C@@]3(C1)OC(=O)Nc1ccc(Cl)c(F)c13)c1ccnc-2c1. The molecule has 3 aliphatic rings. The van der Waals surface area contributed by atoms with E-state index in [0.717, 1.165) is 5.56 Å². The first-order valence-corrected chi connectivity index (χ1v) is 14.6. The predicted molar refractivity (Wildman–Crippen MR) is 160 cm³/mol. The van der Waals surface area contributed by atoms with Crippen molar-refractivity contribution in [3.63, 3.8) is 0 Å². The molecule has 1 aromatic heterocycles. The lowest BCUT2D eigenvalue weighted by Crippen LogP contribution is -2.44. The summed E-state index contributed by atoms with van der Waals surface area (Å²) in [5.41, 5.74) is 1.76. The van der Waals surface area contributed by atoms with Gasteiger partial charge in [-0.05, 0) is 60.9 Å². The van der Waals surface area contributed by atoms with Crippen LogP contribution in [-0.2, 0) is 24.7 Å². The van der Waals surface area contributed by atoms with E-state index in [4.69, 9.17) is 16.3 Å². The molecular weight excluding hydrogens is 593 g/mol. The lowest BCUT2D eigenvalue weighted by atomic mass is 9.89. The number of aromatic nitrogens is 1. The van der Waals surface area contributed by atoms with Gasteiger partial charge >= 0.3 is 12.2 Å². The van der Waals surface area contributed by atoms with Crippen molar-refractivity contribution in [2.45, 2.75) is 43.6 Å². The van der Waals surface area contributed by atoms with Gasteiger partial charge in [0.05, 0.1) is 47.2 Å². The summed E-state index contributed by atoms with van der Waals surface area (Å²) in [6.45, 7) is 0.215. The number of rotatable bonds is 2. The summed E-state index contributed by atoms with van der Waals surface area (Å²) in [6.07, 6.45) is 2.26. The molecule has 3 N–H and O–H groups in total. The van der Waals surface area contributed by atoms with Crippen LogP contribution in [0.5, 0.6) is 0 Å². The maximum atomic E-state index is 15.3. The third kappa shape index (κ3) is 5.52. The molecule has 2 atom stereocenters. The summed E-state index contributed by atoms with van der Waals surface area (Å²) in [6, 6.07) is 11.5. The molecule has 13 heteroatoms. The predicted octanol–water partition coefficient (Wildman–Crippen LogP) is 6.01. The molecule has 0 radical (unpaired) electrons. The van der Waals surface area contributed by atoms with Crippen molar-refractivity contribution in [1.82, 2.24) is 9.88 Å². The van der Waals surface area contributed by atoms with E-state index in [1.807, 2.05) is 6.07 Å². The molecule has 0 unspecified atom stereocenters. The number of benzene rings is 2. The van der Waals surface area contributed by atoms with Crippen molar-refractivity contribution in [1.29, 1.82) is 0 Å². The molecule has 1 spiro atoms. The number of methoxy groups -OCH3 is 1. The Hall–Kier alpha value is -4.71. The molecule has 1 fully saturated rings. The molecule has 6 rings (SSSR count). The second-order valence-corrected chi connectivity index (χ2v) is 11.4. The highest BCUT2D eigenvalue weighted by Crippen LogP contribution is 2.46. The Balaban J connectivity index is 1.33. The van der Waals surface area contributed by atoms with E-state index >= 15 is 4.39 Å². The fourth-order valence-electron chi connectivity index (χ4n) is 6.15. The Morgan fingerprint density at radius 1 is 1.14 bits per heavy atom. The maximum Gasteiger partial charge on any atom is 0.412 e. The summed E-state index contributed by atoms with van der Waals surface area (Å²) in [7, 11) is 1.26. The van der Waals surface area contributed by atoms with Crippen molar-refractivity contribution < 1.29 is 33.0 Å². The van der Waals surface area contributed by atoms with Crippen LogP contribution in [0.25, 0.3) is 11.3 Å². The molecule has 11 nitrogen and oxygen atoms in total. The van der Waals surface area contributed by atoms with Crippen molar-refractivity contribution in [3.05, 3.63) is 70.6 Å². The van der Waals surface area contributed by atoms with Crippen molar-refractivity contribution in [2.75, 3.05) is 36.1 Å². The Morgan fingerprint density at radius 2 is 1.98 bits per heavy atom. The highest BCUT2D eigenvalue weighted by Gasteiger charge is 2.51. The highest BCUT2D eigenvalue weighted by atomic mass is 35.5. The topological polar surface area (TPSA) is 139 Å². The third-order valence-corrected chi connectivity index (χ3v) is 8.54. The van der Waals surface area contributed by atoms with E-state index in [1.54, 1.807) is 35.4 Å². The summed E-state index contributed by atoms with van der Waals surface area (Å²) >= 11 is 6.09. The van der Waals surface area contributed by atoms with E-state index in [2.05, 4.69) is 25.7 Å². The molecule has 2 bridgehead atoms. The van der Waals surface area contributed by atoms with Gasteiger partial charge in [-0.15, -0.1) is 0 Å². The van der Waals surface area contributed by atoms with Gasteiger partial charge < -0.3 is 19.7 Å². The van der Waals surface area contributed by atoms with Crippen molar-refractivity contribution in [2.24, 2.45) is 0 Å². The zero-order valence-corrected chi connectivity index (χ0v) is 24.5. The van der Waals surface area contributed by atoms with E-state index in [0.29, 0.717) is 41.9 Å². The Kier molecular flexibility index (Phi) is 7.85. The van der Waals surface area contributed by atoms with Gasteiger partial charge in [-0.25, -0.2) is 14.0 Å². The average Bonchev–Trinajstić information content (AvgIpc) is 3.41. The number of hydrogen-bond acceptors (Lipinski definition) is 7. The normalized spacial score (nSPS) is 21.1. The minimum atomic E-state index is -1.37. The van der Waals surface area contributed by atoms with E-state index in [1.165, 1.54) is 19.2 Å². The van der Waals surface area contributed by atoms with Gasteiger partial charge in [0, 0.05) is 36.8 Å². The van der Waals surface area contributed by atoms with Crippen LogP contribution in [0.15, 0.2) is 48.7 Å². The number of nitrogens with one attached hydrogen (secondary N) is 3. The van der Waals surface area contributed by atoms with Crippen LogP contribution < -0.4 is 16.0 Å². The Morgan fingerprint density at radius 3 is 2.80 bits per heavy atom. The number of anilines is 3. The van der Waals surface area contributed by atoms with Crippen LogP contribution in [0.3, 0.4) is 0 Å². The smallest absolute Gasteiger partial charge is 0.412 e. The molecule has 0 aliphatic carbocycles. The Labute approximate surface area is 257 Å². The minimum Gasteiger partial charge on any atom is -0.453 e. The van der Waals surface area contributed by atoms with Crippen LogP contribution >= 0.6 is 11.6 Å². The van der Waals surface area contributed by atoms with E-state index < -0.39 is 29.5 Å². The standard InChI is InChI=1S/C31H29ClFN5O6/c1-43-29(41)35-18-6-7-20-23-14-17(10-12-34-23)19(4-2-3-5-25(39)36-24(20)15-18)28(40)38-13-11-31(16-38)26-22(37-30(42)44-31)9-8-21(32)27(26)33/h6-10,12,14-15,19H,2-5,11,13,16H2,1H3,(H,35,41)(H,36,39)(H,37,42)/t19-,31+/m1/s1. The Bertz CT molecular complexity index is 1690. The molecule has 4 heterocycles. The number of likely N-dealkylation sites (tertiary alicyclic amines) is 1. The molecule has 0 saturated carbocycles. The van der Waals surface area contributed by atoms with Gasteiger partial charge in [0.15, 0.2) is 11.4 Å². The fourth-order valence-corrected chi connectivity index (χ4v) is 6.31. The van der Waals surface area contributed by atoms with Gasteiger partial charge in [0.1, 0.15) is 0 Å². The zero-order valence-electron chi connectivity index (χ0n) is 23.7. The van der Waals surface area contributed by atoms with E-state index in [-0.39, 0.29) is 54.0 Å². The molecule has 1 saturated heterocycles. The summed E-state index contributed by atoms with van der Waals surface area (Å²) in [5.74, 6) is -1.68. The lowest BCUT2D eigenvalue weighted by molar-refractivity contribution is -0.133. The van der Waals surface area contributed by atoms with Crippen LogP contribution in [0.2, 0.25) is 5.02 Å². The molecule has 3 aliphatic heterocycles. The molecule has 228 valence electrons. The zero-order chi connectivity index (χ0) is 31.0. The largest absolute Gasteiger partial charge is 0.453 e. The number of fused-ring (bicyclic) bond motifs is 6. The average molecular weight is 622 g/mol. The third-order valence-electron chi connectivity index (χ3n) is 8.25. The van der Waals surface area contributed by atoms with Gasteiger partial charge in [-0.2, -0.15) is 0 Å². The summed E-state index contributed by atoms with van der Waals surface area (Å²) < 4.78 is 25.7. The molecule has 3 aromatic rings. The highest BCUT2D eigenvalue weighted by molar-refractivity contribution is 6.31. The second kappa shape index (κ2) is 11.8. The molecular formula is C31H29ClFN5O6. The number of hydrogen-bond donors (Lipinski definition) is 3. The number of ether oxygens (including phenoxy) is 2. The lowest BCUT2D eigenvalue weighted by Gasteiger charge is -2.36. The number of halogens is 2. The molecule has 44 heavy (non-hydrogen) atoms. The van der Waals surface area contributed by atoms with Crippen LogP contribution in [0.4, 0.5) is 31.0 Å². The maximum absolute atomic E-state index is 15.3. The number of carbonyl (C=O) groups excluding carboxylic acids is 4. The first-order chi connectivity index (χ1) is 21.2. The number of carbonyl (C=O) groups is 4. The minimum absolute atomic E-state index is 0.0286. The van der Waals surface area contributed by atoms with Crippen molar-refractivity contribution in [3.8, 4) is 11.3 Å². The molecule has 4 amide bonds. The summed E-state index contributed by atoms with van der Waals surface area (Å²) in [5, 5.41) is 7.94. The van der Waals surface area contributed by atoms with Gasteiger partial charge in [-0.3, -0.25) is 25.2 Å². The van der Waals surface area contributed by atoms with Gasteiger partial charge in [0.25, 0.3) is 0 Å². The van der Waals surface area contributed by atoms with Gasteiger partial charge in [-0.1, -0.05) is 18.0 Å². The van der Waals surface area contributed by atoms with E-state index in [9.17, 15) is 19.2 Å². The second-order valence-electron chi connectivity index (χ2n) is 11.0. The number of amides is 4. The first kappa shape index (κ1) is 29.4. The number of pyridine rings is 1. The monoisotopic (exact) mass is 621 g/mol. The van der Waals surface area contributed by atoms with Crippen LogP contribution in [-0.4, -0.2) is 54.1 Å². The van der Waals surface area contributed by atoms with Crippen LogP contribution in [0.1, 0.15) is 49.1 Å². The fraction of sp³-hybridized carbons (Fsp3) is 0.323. The van der Waals surface area contributed by atoms with Gasteiger partial charge in [0.2, 0.25) is 11.8 Å². The van der Waals surface area contributed by atoms with Crippen LogP contribution in [0, 0.1) is 5.82 Å². The number of nitrogens with zero attached hydrogens (tertiary/aromatic N) is 2. The quantitative estimate of drug-likeness (QED) is 0.319. The molecule has 2 aromatic carbocycles.